The fraction of sp³-hybridized carbons (Fsp3) is 0.591. The Morgan fingerprint density at radius 1 is 1.19 bits per heavy atom. The Kier molecular flexibility index (Phi) is 9.13. The lowest BCUT2D eigenvalue weighted by Gasteiger charge is -2.33. The second kappa shape index (κ2) is 11.3. The lowest BCUT2D eigenvalue weighted by Crippen LogP contribution is -2.42. The molecule has 172 valence electrons. The quantitative estimate of drug-likeness (QED) is 0.613. The minimum atomic E-state index is -0.519. The van der Waals surface area contributed by atoms with Gasteiger partial charge < -0.3 is 25.0 Å². The average Bonchev–Trinajstić information content (AvgIpc) is 2.67. The number of benzene rings is 1. The fourth-order valence-corrected chi connectivity index (χ4v) is 3.53. The Hall–Kier alpha value is -2.32. The van der Waals surface area contributed by atoms with E-state index in [0.717, 1.165) is 12.8 Å². The fourth-order valence-electron chi connectivity index (χ4n) is 3.26. The van der Waals surface area contributed by atoms with Crippen LogP contribution in [0.1, 0.15) is 50.4 Å². The average molecular weight is 454 g/mol. The second-order valence-corrected chi connectivity index (χ2v) is 9.01. The molecule has 0 aliphatic carbocycles. The number of rotatable bonds is 7. The molecule has 2 N–H and O–H groups in total. The molecule has 31 heavy (non-hydrogen) atoms. The van der Waals surface area contributed by atoms with E-state index in [9.17, 15) is 14.4 Å². The van der Waals surface area contributed by atoms with Gasteiger partial charge in [-0.25, -0.2) is 4.79 Å². The monoisotopic (exact) mass is 453 g/mol. The van der Waals surface area contributed by atoms with Gasteiger partial charge in [0.15, 0.2) is 0 Å². The zero-order chi connectivity index (χ0) is 23.0. The van der Waals surface area contributed by atoms with E-state index >= 15 is 0 Å². The van der Waals surface area contributed by atoms with E-state index in [-0.39, 0.29) is 28.8 Å². The van der Waals surface area contributed by atoms with E-state index in [4.69, 9.17) is 21.1 Å². The van der Waals surface area contributed by atoms with E-state index < -0.39 is 5.60 Å². The summed E-state index contributed by atoms with van der Waals surface area (Å²) in [5, 5.41) is 5.80. The largest absolute Gasteiger partial charge is 0.444 e. The molecule has 0 spiro atoms. The zero-order valence-corrected chi connectivity index (χ0v) is 19.4. The Morgan fingerprint density at radius 3 is 2.45 bits per heavy atom. The zero-order valence-electron chi connectivity index (χ0n) is 18.6. The Labute approximate surface area is 188 Å². The van der Waals surface area contributed by atoms with Gasteiger partial charge in [-0.3, -0.25) is 9.59 Å². The maximum atomic E-state index is 12.4. The number of nitrogens with one attached hydrogen (secondary N) is 2. The molecule has 1 heterocycles. The number of amides is 3. The van der Waals surface area contributed by atoms with Crippen molar-refractivity contribution in [2.45, 2.75) is 45.6 Å². The summed E-state index contributed by atoms with van der Waals surface area (Å²) in [4.78, 5) is 38.4. The molecule has 2 rings (SSSR count). The number of halogens is 1. The molecule has 0 bridgehead atoms. The van der Waals surface area contributed by atoms with E-state index in [2.05, 4.69) is 10.6 Å². The summed E-state index contributed by atoms with van der Waals surface area (Å²) < 4.78 is 10.3. The second-order valence-electron chi connectivity index (χ2n) is 8.61. The van der Waals surface area contributed by atoms with Crippen molar-refractivity contribution in [3.63, 3.8) is 0 Å². The van der Waals surface area contributed by atoms with Crippen LogP contribution in [0, 0.1) is 5.92 Å². The highest BCUT2D eigenvalue weighted by atomic mass is 35.5. The summed E-state index contributed by atoms with van der Waals surface area (Å²) in [6.07, 6.45) is 1.54. The molecular weight excluding hydrogens is 422 g/mol. The summed E-state index contributed by atoms with van der Waals surface area (Å²) in [6, 6.07) is 4.80. The van der Waals surface area contributed by atoms with Crippen LogP contribution in [0.2, 0.25) is 5.02 Å². The van der Waals surface area contributed by atoms with Crippen LogP contribution in [0.4, 0.5) is 10.5 Å². The standard InChI is InChI=1S/C22H32ClN3O5/c1-22(2,3)31-21(29)26-10-7-15(8-11-26)13-19(27)25-16-5-6-17(18(23)14-16)20(28)24-9-12-30-4/h5-6,14-15H,7-13H2,1-4H3,(H,24,28)(H,25,27). The Balaban J connectivity index is 1.81. The van der Waals surface area contributed by atoms with Crippen molar-refractivity contribution in [1.82, 2.24) is 10.2 Å². The molecule has 0 saturated carbocycles. The number of piperidine rings is 1. The molecule has 0 unspecified atom stereocenters. The van der Waals surface area contributed by atoms with Gasteiger partial charge in [-0.1, -0.05) is 11.6 Å². The van der Waals surface area contributed by atoms with Gasteiger partial charge in [0.05, 0.1) is 17.2 Å². The lowest BCUT2D eigenvalue weighted by atomic mass is 9.93. The van der Waals surface area contributed by atoms with Crippen LogP contribution in [0.15, 0.2) is 18.2 Å². The lowest BCUT2D eigenvalue weighted by molar-refractivity contribution is -0.117. The van der Waals surface area contributed by atoms with Crippen molar-refractivity contribution in [3.8, 4) is 0 Å². The van der Waals surface area contributed by atoms with Gasteiger partial charge in [0.25, 0.3) is 5.91 Å². The smallest absolute Gasteiger partial charge is 0.410 e. The Bertz CT molecular complexity index is 786. The minimum Gasteiger partial charge on any atom is -0.444 e. The minimum absolute atomic E-state index is 0.121. The van der Waals surface area contributed by atoms with Crippen molar-refractivity contribution in [1.29, 1.82) is 0 Å². The number of nitrogens with zero attached hydrogens (tertiary/aromatic N) is 1. The maximum Gasteiger partial charge on any atom is 0.410 e. The van der Waals surface area contributed by atoms with E-state index in [1.807, 2.05) is 20.8 Å². The number of hydrogen-bond donors (Lipinski definition) is 2. The van der Waals surface area contributed by atoms with Gasteiger partial charge >= 0.3 is 6.09 Å². The van der Waals surface area contributed by atoms with Crippen molar-refractivity contribution in [2.24, 2.45) is 5.92 Å². The van der Waals surface area contributed by atoms with Crippen LogP contribution >= 0.6 is 11.6 Å². The first-order chi connectivity index (χ1) is 14.6. The third-order valence-electron chi connectivity index (χ3n) is 4.83. The van der Waals surface area contributed by atoms with Gasteiger partial charge in [-0.15, -0.1) is 0 Å². The van der Waals surface area contributed by atoms with Crippen LogP contribution < -0.4 is 10.6 Å². The highest BCUT2D eigenvalue weighted by Crippen LogP contribution is 2.24. The van der Waals surface area contributed by atoms with Gasteiger partial charge in [-0.2, -0.15) is 0 Å². The number of carbonyl (C=O) groups is 3. The number of methoxy groups -OCH3 is 1. The molecule has 1 aliphatic heterocycles. The molecule has 1 aromatic rings. The number of hydrogen-bond acceptors (Lipinski definition) is 5. The first-order valence-electron chi connectivity index (χ1n) is 10.4. The maximum absolute atomic E-state index is 12.4. The van der Waals surface area contributed by atoms with Gasteiger partial charge in [0.2, 0.25) is 5.91 Å². The van der Waals surface area contributed by atoms with E-state index in [1.54, 1.807) is 30.2 Å². The normalized spacial score (nSPS) is 14.8. The molecule has 8 nitrogen and oxygen atoms in total. The molecule has 0 aromatic heterocycles. The first-order valence-corrected chi connectivity index (χ1v) is 10.8. The van der Waals surface area contributed by atoms with Crippen molar-refractivity contribution < 1.29 is 23.9 Å². The van der Waals surface area contributed by atoms with Crippen LogP contribution in [-0.2, 0) is 14.3 Å². The van der Waals surface area contributed by atoms with Crippen molar-refractivity contribution in [3.05, 3.63) is 28.8 Å². The molecule has 1 aliphatic rings. The third-order valence-corrected chi connectivity index (χ3v) is 5.14. The molecule has 3 amide bonds. The molecular formula is C22H32ClN3O5. The highest BCUT2D eigenvalue weighted by Gasteiger charge is 2.27. The topological polar surface area (TPSA) is 97.0 Å². The van der Waals surface area contributed by atoms with Crippen LogP contribution in [0.5, 0.6) is 0 Å². The number of likely N-dealkylation sites (tertiary alicyclic amines) is 1. The first kappa shape index (κ1) is 24.9. The number of ether oxygens (including phenoxy) is 2. The summed E-state index contributed by atoms with van der Waals surface area (Å²) in [6.45, 7) is 7.47. The summed E-state index contributed by atoms with van der Waals surface area (Å²) in [7, 11) is 1.56. The van der Waals surface area contributed by atoms with Gasteiger partial charge in [-0.05, 0) is 57.7 Å². The SMILES string of the molecule is COCCNC(=O)c1ccc(NC(=O)CC2CCN(C(=O)OC(C)(C)C)CC2)cc1Cl. The predicted molar refractivity (Wildman–Crippen MR) is 119 cm³/mol. The van der Waals surface area contributed by atoms with E-state index in [1.165, 1.54) is 0 Å². The molecule has 1 saturated heterocycles. The number of anilines is 1. The Morgan fingerprint density at radius 2 is 1.87 bits per heavy atom. The van der Waals surface area contributed by atoms with Crippen LogP contribution in [-0.4, -0.2) is 61.8 Å². The highest BCUT2D eigenvalue weighted by molar-refractivity contribution is 6.34. The van der Waals surface area contributed by atoms with Gasteiger partial charge in [0, 0.05) is 38.9 Å². The van der Waals surface area contributed by atoms with Crippen molar-refractivity contribution in [2.75, 3.05) is 38.7 Å². The summed E-state index contributed by atoms with van der Waals surface area (Å²) >= 11 is 6.21. The van der Waals surface area contributed by atoms with Gasteiger partial charge in [0.1, 0.15) is 5.60 Å². The molecule has 1 aromatic carbocycles. The van der Waals surface area contributed by atoms with Crippen LogP contribution in [0.25, 0.3) is 0 Å². The molecule has 0 radical (unpaired) electrons. The summed E-state index contributed by atoms with van der Waals surface area (Å²) in [5.74, 6) is -0.222. The van der Waals surface area contributed by atoms with Crippen molar-refractivity contribution >= 4 is 35.2 Å². The summed E-state index contributed by atoms with van der Waals surface area (Å²) in [5.41, 5.74) is 0.356. The van der Waals surface area contributed by atoms with E-state index in [0.29, 0.717) is 43.9 Å². The molecule has 9 heteroatoms. The third kappa shape index (κ3) is 8.38. The molecule has 1 fully saturated rings. The predicted octanol–water partition coefficient (Wildman–Crippen LogP) is 3.69. The number of carbonyl (C=O) groups excluding carboxylic acids is 3. The van der Waals surface area contributed by atoms with Crippen LogP contribution in [0.3, 0.4) is 0 Å². The molecule has 0 atom stereocenters.